The minimum absolute atomic E-state index is 0.0865. The molecule has 1 aliphatic carbocycles. The summed E-state index contributed by atoms with van der Waals surface area (Å²) in [5, 5.41) is 3.11. The van der Waals surface area contributed by atoms with Crippen LogP contribution in [-0.4, -0.2) is 26.2 Å². The Labute approximate surface area is 127 Å². The van der Waals surface area contributed by atoms with Crippen molar-refractivity contribution in [3.05, 3.63) is 29.8 Å². The van der Waals surface area contributed by atoms with E-state index in [1.165, 1.54) is 25.7 Å². The first kappa shape index (κ1) is 15.8. The molecule has 1 amide bonds. The molecule has 0 unspecified atom stereocenters. The van der Waals surface area contributed by atoms with Crippen molar-refractivity contribution in [3.63, 3.8) is 0 Å². The van der Waals surface area contributed by atoms with Gasteiger partial charge in [-0.15, -0.1) is 0 Å². The Morgan fingerprint density at radius 3 is 2.57 bits per heavy atom. The third kappa shape index (κ3) is 4.74. The molecular formula is C17H26N2O2. The third-order valence-electron chi connectivity index (χ3n) is 4.51. The first-order valence-corrected chi connectivity index (χ1v) is 7.74. The van der Waals surface area contributed by atoms with Crippen LogP contribution in [0.15, 0.2) is 24.3 Å². The van der Waals surface area contributed by atoms with Crippen LogP contribution in [0, 0.1) is 5.41 Å². The average Bonchev–Trinajstić information content (AvgIpc) is 2.95. The molecule has 116 valence electrons. The summed E-state index contributed by atoms with van der Waals surface area (Å²) in [5.74, 6) is 0.0865. The number of nitrogen functional groups attached to an aromatic ring is 1. The van der Waals surface area contributed by atoms with E-state index in [1.54, 1.807) is 7.11 Å². The van der Waals surface area contributed by atoms with Crippen molar-refractivity contribution < 1.29 is 9.53 Å². The summed E-state index contributed by atoms with van der Waals surface area (Å²) in [7, 11) is 1.74. The molecule has 0 aliphatic heterocycles. The van der Waals surface area contributed by atoms with Crippen molar-refractivity contribution in [2.75, 3.05) is 26.0 Å². The number of rotatable bonds is 7. The molecule has 0 saturated heterocycles. The molecule has 21 heavy (non-hydrogen) atoms. The van der Waals surface area contributed by atoms with Crippen LogP contribution >= 0.6 is 0 Å². The number of hydrogen-bond acceptors (Lipinski definition) is 3. The largest absolute Gasteiger partial charge is 0.399 e. The summed E-state index contributed by atoms with van der Waals surface area (Å²) < 4.78 is 5.22. The molecule has 1 aromatic rings. The number of carbonyl (C=O) groups excluding carboxylic acids is 1. The lowest BCUT2D eigenvalue weighted by Gasteiger charge is -2.29. The zero-order valence-corrected chi connectivity index (χ0v) is 12.9. The van der Waals surface area contributed by atoms with E-state index in [1.807, 2.05) is 24.3 Å². The summed E-state index contributed by atoms with van der Waals surface area (Å²) >= 11 is 0. The predicted octanol–water partition coefficient (Wildman–Crippen LogP) is 2.52. The van der Waals surface area contributed by atoms with Gasteiger partial charge in [-0.05, 0) is 42.4 Å². The number of amides is 1. The highest BCUT2D eigenvalue weighted by atomic mass is 16.5. The first-order valence-electron chi connectivity index (χ1n) is 7.74. The first-order chi connectivity index (χ1) is 10.1. The van der Waals surface area contributed by atoms with Crippen LogP contribution in [0.5, 0.6) is 0 Å². The summed E-state index contributed by atoms with van der Waals surface area (Å²) in [4.78, 5) is 12.1. The standard InChI is InChI=1S/C17H26N2O2/c1-21-11-10-17(8-2-3-9-17)13-19-16(20)12-14-4-6-15(18)7-5-14/h4-7H,2-3,8-13,18H2,1H3,(H,19,20). The van der Waals surface area contributed by atoms with Gasteiger partial charge in [0.05, 0.1) is 6.42 Å². The van der Waals surface area contributed by atoms with Gasteiger partial charge in [-0.3, -0.25) is 4.79 Å². The predicted molar refractivity (Wildman–Crippen MR) is 85.0 cm³/mol. The van der Waals surface area contributed by atoms with Crippen molar-refractivity contribution in [1.29, 1.82) is 0 Å². The van der Waals surface area contributed by atoms with E-state index in [9.17, 15) is 4.79 Å². The highest BCUT2D eigenvalue weighted by Gasteiger charge is 2.33. The molecule has 2 rings (SSSR count). The molecule has 1 aliphatic rings. The van der Waals surface area contributed by atoms with E-state index in [-0.39, 0.29) is 11.3 Å². The van der Waals surface area contributed by atoms with Crippen LogP contribution < -0.4 is 11.1 Å². The molecular weight excluding hydrogens is 264 g/mol. The van der Waals surface area contributed by atoms with E-state index < -0.39 is 0 Å². The number of carbonyl (C=O) groups is 1. The van der Waals surface area contributed by atoms with Crippen LogP contribution in [0.25, 0.3) is 0 Å². The Bertz CT molecular complexity index is 450. The van der Waals surface area contributed by atoms with E-state index in [0.717, 1.165) is 30.8 Å². The number of nitrogens with two attached hydrogens (primary N) is 1. The number of methoxy groups -OCH3 is 1. The quantitative estimate of drug-likeness (QED) is 0.758. The molecule has 0 heterocycles. The summed E-state index contributed by atoms with van der Waals surface area (Å²) in [6.45, 7) is 1.54. The van der Waals surface area contributed by atoms with Gasteiger partial charge in [-0.1, -0.05) is 25.0 Å². The van der Waals surface area contributed by atoms with Crippen LogP contribution in [0.2, 0.25) is 0 Å². The minimum Gasteiger partial charge on any atom is -0.399 e. The van der Waals surface area contributed by atoms with Crippen molar-refractivity contribution in [2.45, 2.75) is 38.5 Å². The molecule has 1 saturated carbocycles. The van der Waals surface area contributed by atoms with Gasteiger partial charge in [0.1, 0.15) is 0 Å². The fourth-order valence-corrected chi connectivity index (χ4v) is 3.13. The SMILES string of the molecule is COCCC1(CNC(=O)Cc2ccc(N)cc2)CCCC1. The van der Waals surface area contributed by atoms with Gasteiger partial charge >= 0.3 is 0 Å². The highest BCUT2D eigenvalue weighted by Crippen LogP contribution is 2.40. The maximum absolute atomic E-state index is 12.1. The molecule has 4 nitrogen and oxygen atoms in total. The Kier molecular flexibility index (Phi) is 5.62. The maximum atomic E-state index is 12.1. The Balaban J connectivity index is 1.82. The van der Waals surface area contributed by atoms with Gasteiger partial charge in [-0.25, -0.2) is 0 Å². The van der Waals surface area contributed by atoms with Crippen LogP contribution in [0.4, 0.5) is 5.69 Å². The third-order valence-corrected chi connectivity index (χ3v) is 4.51. The Morgan fingerprint density at radius 1 is 1.29 bits per heavy atom. The summed E-state index contributed by atoms with van der Waals surface area (Å²) in [5.41, 5.74) is 7.62. The number of anilines is 1. The highest BCUT2D eigenvalue weighted by molar-refractivity contribution is 5.78. The second kappa shape index (κ2) is 7.46. The maximum Gasteiger partial charge on any atom is 0.224 e. The molecule has 1 fully saturated rings. The van der Waals surface area contributed by atoms with Gasteiger partial charge < -0.3 is 15.8 Å². The Hall–Kier alpha value is -1.55. The van der Waals surface area contributed by atoms with Crippen molar-refractivity contribution in [2.24, 2.45) is 5.41 Å². The number of hydrogen-bond donors (Lipinski definition) is 2. The van der Waals surface area contributed by atoms with E-state index >= 15 is 0 Å². The molecule has 0 aromatic heterocycles. The number of ether oxygens (including phenoxy) is 1. The Morgan fingerprint density at radius 2 is 1.95 bits per heavy atom. The molecule has 3 N–H and O–H groups in total. The zero-order valence-electron chi connectivity index (χ0n) is 12.9. The molecule has 0 atom stereocenters. The fraction of sp³-hybridized carbons (Fsp3) is 0.588. The lowest BCUT2D eigenvalue weighted by molar-refractivity contribution is -0.121. The molecule has 1 aromatic carbocycles. The monoisotopic (exact) mass is 290 g/mol. The number of benzene rings is 1. The van der Waals surface area contributed by atoms with Crippen molar-refractivity contribution in [3.8, 4) is 0 Å². The van der Waals surface area contributed by atoms with Crippen molar-refractivity contribution in [1.82, 2.24) is 5.32 Å². The van der Waals surface area contributed by atoms with Crippen LogP contribution in [0.1, 0.15) is 37.7 Å². The zero-order chi connectivity index (χ0) is 15.1. The van der Waals surface area contributed by atoms with Gasteiger partial charge in [0.2, 0.25) is 5.91 Å². The second-order valence-corrected chi connectivity index (χ2v) is 6.14. The van der Waals surface area contributed by atoms with Gasteiger partial charge in [0, 0.05) is 25.9 Å². The number of nitrogens with one attached hydrogen (secondary N) is 1. The van der Waals surface area contributed by atoms with Crippen LogP contribution in [0.3, 0.4) is 0 Å². The lowest BCUT2D eigenvalue weighted by atomic mass is 9.83. The van der Waals surface area contributed by atoms with Crippen LogP contribution in [-0.2, 0) is 16.0 Å². The topological polar surface area (TPSA) is 64.3 Å². The van der Waals surface area contributed by atoms with E-state index in [2.05, 4.69) is 5.32 Å². The van der Waals surface area contributed by atoms with E-state index in [0.29, 0.717) is 6.42 Å². The van der Waals surface area contributed by atoms with Gasteiger partial charge in [0.25, 0.3) is 0 Å². The lowest BCUT2D eigenvalue weighted by Crippen LogP contribution is -2.37. The molecule has 0 spiro atoms. The normalized spacial score (nSPS) is 16.8. The molecule has 4 heteroatoms. The molecule has 0 bridgehead atoms. The van der Waals surface area contributed by atoms with E-state index in [4.69, 9.17) is 10.5 Å². The minimum atomic E-state index is 0.0865. The smallest absolute Gasteiger partial charge is 0.224 e. The summed E-state index contributed by atoms with van der Waals surface area (Å²) in [6.07, 6.45) is 6.36. The molecule has 0 radical (unpaired) electrons. The fourth-order valence-electron chi connectivity index (χ4n) is 3.13. The summed E-state index contributed by atoms with van der Waals surface area (Å²) in [6, 6.07) is 7.48. The second-order valence-electron chi connectivity index (χ2n) is 6.14. The van der Waals surface area contributed by atoms with Gasteiger partial charge in [0.15, 0.2) is 0 Å². The van der Waals surface area contributed by atoms with Crippen molar-refractivity contribution >= 4 is 11.6 Å². The van der Waals surface area contributed by atoms with Gasteiger partial charge in [-0.2, -0.15) is 0 Å². The average molecular weight is 290 g/mol.